The van der Waals surface area contributed by atoms with Crippen LogP contribution in [0.1, 0.15) is 303 Å². The zero-order valence-electron chi connectivity index (χ0n) is 43.5. The minimum Gasteiger partial charge on any atom is -0.462 e. The van der Waals surface area contributed by atoms with E-state index in [2.05, 4.69) is 57.2 Å². The van der Waals surface area contributed by atoms with Crippen molar-refractivity contribution in [2.24, 2.45) is 0 Å². The first-order chi connectivity index (χ1) is 32.0. The number of unbranched alkanes of at least 4 members (excludes halogenated alkanes) is 35. The lowest BCUT2D eigenvalue weighted by Gasteiger charge is -2.18. The van der Waals surface area contributed by atoms with Crippen LogP contribution in [0.5, 0.6) is 0 Å². The molecule has 0 aliphatic heterocycles. The van der Waals surface area contributed by atoms with Gasteiger partial charge in [-0.25, -0.2) is 0 Å². The molecule has 0 aromatic heterocycles. The quantitative estimate of drug-likeness (QED) is 0.0262. The van der Waals surface area contributed by atoms with Crippen molar-refractivity contribution in [3.8, 4) is 0 Å². The summed E-state index contributed by atoms with van der Waals surface area (Å²) in [6.45, 7) is 6.59. The van der Waals surface area contributed by atoms with Gasteiger partial charge < -0.3 is 14.2 Å². The number of hydrogen-bond donors (Lipinski definition) is 0. The second kappa shape index (κ2) is 54.2. The van der Waals surface area contributed by atoms with E-state index in [9.17, 15) is 14.4 Å². The topological polar surface area (TPSA) is 78.9 Å². The molecule has 65 heavy (non-hydrogen) atoms. The van der Waals surface area contributed by atoms with Crippen LogP contribution in [0.4, 0.5) is 0 Å². The summed E-state index contributed by atoms with van der Waals surface area (Å²) < 4.78 is 16.8. The van der Waals surface area contributed by atoms with Crippen LogP contribution in [0.3, 0.4) is 0 Å². The van der Waals surface area contributed by atoms with Crippen molar-refractivity contribution in [1.29, 1.82) is 0 Å². The molecule has 6 nitrogen and oxygen atoms in total. The molecule has 0 heterocycles. The van der Waals surface area contributed by atoms with Crippen LogP contribution in [0.2, 0.25) is 0 Å². The second-order valence-corrected chi connectivity index (χ2v) is 19.2. The van der Waals surface area contributed by atoms with Crippen LogP contribution in [0.25, 0.3) is 0 Å². The fourth-order valence-corrected chi connectivity index (χ4v) is 8.29. The van der Waals surface area contributed by atoms with E-state index in [0.717, 1.165) is 70.6 Å². The normalized spacial score (nSPS) is 12.2. The molecule has 1 atom stereocenters. The van der Waals surface area contributed by atoms with E-state index in [1.54, 1.807) is 0 Å². The minimum atomic E-state index is -0.770. The third kappa shape index (κ3) is 52.5. The molecule has 0 aliphatic rings. The molecule has 0 fully saturated rings. The lowest BCUT2D eigenvalue weighted by atomic mass is 10.0. The lowest BCUT2D eigenvalue weighted by Crippen LogP contribution is -2.30. The number of carbonyl (C=O) groups is 3. The highest BCUT2D eigenvalue weighted by Crippen LogP contribution is 2.16. The van der Waals surface area contributed by atoms with E-state index in [1.807, 2.05) is 0 Å². The fourth-order valence-electron chi connectivity index (χ4n) is 8.29. The predicted molar refractivity (Wildman–Crippen MR) is 279 cm³/mol. The van der Waals surface area contributed by atoms with Gasteiger partial charge in [0.25, 0.3) is 0 Å². The second-order valence-electron chi connectivity index (χ2n) is 19.2. The van der Waals surface area contributed by atoms with E-state index < -0.39 is 6.10 Å². The third-order valence-corrected chi connectivity index (χ3v) is 12.6. The van der Waals surface area contributed by atoms with Crippen LogP contribution in [0, 0.1) is 0 Å². The van der Waals surface area contributed by atoms with Crippen LogP contribution in [-0.2, 0) is 28.6 Å². The summed E-state index contributed by atoms with van der Waals surface area (Å²) in [5.74, 6) is -0.876. The van der Waals surface area contributed by atoms with Gasteiger partial charge >= 0.3 is 17.9 Å². The molecule has 0 saturated heterocycles. The average molecular weight is 914 g/mol. The van der Waals surface area contributed by atoms with Crippen molar-refractivity contribution in [1.82, 2.24) is 0 Å². The SMILES string of the molecule is CCCCCC/C=C\CCCCCCCC(=O)OC(COC(=O)CCCCCCCCC)COC(=O)CCCCCCCCCCCCCCCCC/C=C\C/C=C\CCCCCCC. The Balaban J connectivity index is 4.06. The maximum Gasteiger partial charge on any atom is 0.306 e. The highest BCUT2D eigenvalue weighted by molar-refractivity contribution is 5.71. The number of esters is 3. The van der Waals surface area contributed by atoms with Crippen molar-refractivity contribution in [2.75, 3.05) is 13.2 Å². The molecule has 0 aromatic rings. The molecule has 6 heteroatoms. The molecular formula is C59H108O6. The third-order valence-electron chi connectivity index (χ3n) is 12.6. The van der Waals surface area contributed by atoms with Gasteiger partial charge in [-0.2, -0.15) is 0 Å². The van der Waals surface area contributed by atoms with Crippen molar-refractivity contribution in [3.05, 3.63) is 36.5 Å². The first-order valence-electron chi connectivity index (χ1n) is 28.5. The summed E-state index contributed by atoms with van der Waals surface area (Å²) >= 11 is 0. The summed E-state index contributed by atoms with van der Waals surface area (Å²) in [5.41, 5.74) is 0. The molecule has 0 amide bonds. The van der Waals surface area contributed by atoms with Gasteiger partial charge in [0.1, 0.15) is 13.2 Å². The minimum absolute atomic E-state index is 0.0724. The number of carbonyl (C=O) groups excluding carboxylic acids is 3. The lowest BCUT2D eigenvalue weighted by molar-refractivity contribution is -0.167. The van der Waals surface area contributed by atoms with Crippen LogP contribution in [-0.4, -0.2) is 37.2 Å². The molecule has 0 saturated carbocycles. The Bertz CT molecular complexity index is 1090. The summed E-state index contributed by atoms with van der Waals surface area (Å²) in [4.78, 5) is 37.8. The van der Waals surface area contributed by atoms with Crippen molar-refractivity contribution in [2.45, 2.75) is 309 Å². The molecule has 0 spiro atoms. The first kappa shape index (κ1) is 62.6. The highest BCUT2D eigenvalue weighted by atomic mass is 16.6. The molecule has 0 aromatic carbocycles. The van der Waals surface area contributed by atoms with Gasteiger partial charge in [-0.05, 0) is 77.0 Å². The Labute approximate surface area is 404 Å². The summed E-state index contributed by atoms with van der Waals surface area (Å²) in [6.07, 6.45) is 64.5. The maximum atomic E-state index is 12.8. The Morgan fingerprint density at radius 2 is 0.554 bits per heavy atom. The number of allylic oxidation sites excluding steroid dienone is 6. The summed E-state index contributed by atoms with van der Waals surface area (Å²) in [5, 5.41) is 0. The highest BCUT2D eigenvalue weighted by Gasteiger charge is 2.19. The number of ether oxygens (including phenoxy) is 3. The number of hydrogen-bond acceptors (Lipinski definition) is 6. The Morgan fingerprint density at radius 1 is 0.308 bits per heavy atom. The van der Waals surface area contributed by atoms with E-state index in [4.69, 9.17) is 14.2 Å². The molecule has 0 N–H and O–H groups in total. The van der Waals surface area contributed by atoms with E-state index >= 15 is 0 Å². The van der Waals surface area contributed by atoms with Crippen molar-refractivity contribution < 1.29 is 28.6 Å². The molecule has 0 aliphatic carbocycles. The van der Waals surface area contributed by atoms with Crippen LogP contribution >= 0.6 is 0 Å². The molecule has 1 unspecified atom stereocenters. The van der Waals surface area contributed by atoms with Gasteiger partial charge in [-0.15, -0.1) is 0 Å². The zero-order valence-corrected chi connectivity index (χ0v) is 43.5. The summed E-state index contributed by atoms with van der Waals surface area (Å²) in [7, 11) is 0. The smallest absolute Gasteiger partial charge is 0.306 e. The van der Waals surface area contributed by atoms with E-state index in [1.165, 1.54) is 193 Å². The average Bonchev–Trinajstić information content (AvgIpc) is 3.30. The Hall–Kier alpha value is -2.37. The summed E-state index contributed by atoms with van der Waals surface area (Å²) in [6, 6.07) is 0. The molecule has 0 rings (SSSR count). The van der Waals surface area contributed by atoms with Gasteiger partial charge in [0, 0.05) is 19.3 Å². The van der Waals surface area contributed by atoms with Gasteiger partial charge in [0.15, 0.2) is 6.10 Å². The van der Waals surface area contributed by atoms with Crippen molar-refractivity contribution in [3.63, 3.8) is 0 Å². The van der Waals surface area contributed by atoms with E-state index in [0.29, 0.717) is 19.3 Å². The largest absolute Gasteiger partial charge is 0.462 e. The van der Waals surface area contributed by atoms with Crippen LogP contribution in [0.15, 0.2) is 36.5 Å². The van der Waals surface area contributed by atoms with Gasteiger partial charge in [0.05, 0.1) is 0 Å². The zero-order chi connectivity index (χ0) is 47.2. The van der Waals surface area contributed by atoms with Crippen LogP contribution < -0.4 is 0 Å². The van der Waals surface area contributed by atoms with Gasteiger partial charge in [-0.1, -0.05) is 243 Å². The van der Waals surface area contributed by atoms with E-state index in [-0.39, 0.29) is 31.1 Å². The molecule has 0 radical (unpaired) electrons. The van der Waals surface area contributed by atoms with Crippen molar-refractivity contribution >= 4 is 17.9 Å². The molecule has 0 bridgehead atoms. The molecular weight excluding hydrogens is 805 g/mol. The predicted octanol–water partition coefficient (Wildman–Crippen LogP) is 18.9. The standard InChI is InChI=1S/C59H108O6/c1-4-7-10-13-16-18-20-22-23-24-25-26-27-28-29-30-31-32-33-34-35-37-38-40-43-46-49-52-58(61)64-55-56(54-63-57(60)51-48-45-42-15-12-9-6-3)65-59(62)53-50-47-44-41-39-36-21-19-17-14-11-8-5-2/h19-22,24-25,56H,4-18,23,26-55H2,1-3H3/b21-19-,22-20-,25-24-. The Morgan fingerprint density at radius 3 is 0.877 bits per heavy atom. The Kier molecular flexibility index (Phi) is 52.3. The maximum absolute atomic E-state index is 12.8. The monoisotopic (exact) mass is 913 g/mol. The van der Waals surface area contributed by atoms with Gasteiger partial charge in [-0.3, -0.25) is 14.4 Å². The molecule has 380 valence electrons. The number of rotatable bonds is 52. The first-order valence-corrected chi connectivity index (χ1v) is 28.5. The van der Waals surface area contributed by atoms with Gasteiger partial charge in [0.2, 0.25) is 0 Å². The fraction of sp³-hybridized carbons (Fsp3) is 0.847.